The predicted octanol–water partition coefficient (Wildman–Crippen LogP) is 1.02. The van der Waals surface area contributed by atoms with Gasteiger partial charge in [-0.2, -0.15) is 0 Å². The zero-order valence-electron chi connectivity index (χ0n) is 5.93. The van der Waals surface area contributed by atoms with Gasteiger partial charge in [0.1, 0.15) is 0 Å². The number of hydrazine groups is 1. The molecule has 3 nitrogen and oxygen atoms in total. The van der Waals surface area contributed by atoms with Crippen molar-refractivity contribution < 1.29 is 0 Å². The summed E-state index contributed by atoms with van der Waals surface area (Å²) in [6.07, 6.45) is 0. The van der Waals surface area contributed by atoms with Crippen LogP contribution in [0.1, 0.15) is 4.88 Å². The fourth-order valence-corrected chi connectivity index (χ4v) is 2.16. The summed E-state index contributed by atoms with van der Waals surface area (Å²) in [5.41, 5.74) is 2.53. The second kappa shape index (κ2) is 4.84. The summed E-state index contributed by atoms with van der Waals surface area (Å²) in [5, 5.41) is 3.12. The number of hydrogen-bond acceptors (Lipinski definition) is 4. The van der Waals surface area contributed by atoms with Gasteiger partial charge in [-0.15, -0.1) is 11.3 Å². The first kappa shape index (κ1) is 9.15. The largest absolute Gasteiger partial charge is 0.299 e. The van der Waals surface area contributed by atoms with E-state index in [1.807, 2.05) is 6.07 Å². The van der Waals surface area contributed by atoms with E-state index in [4.69, 9.17) is 5.84 Å². The van der Waals surface area contributed by atoms with Crippen molar-refractivity contribution in [1.29, 1.82) is 0 Å². The molecule has 62 valence electrons. The molecule has 1 rings (SSSR count). The van der Waals surface area contributed by atoms with Gasteiger partial charge >= 0.3 is 0 Å². The quantitative estimate of drug-likeness (QED) is 0.316. The second-order valence-corrected chi connectivity index (χ2v) is 4.56. The summed E-state index contributed by atoms with van der Waals surface area (Å²) in [7, 11) is 0. The van der Waals surface area contributed by atoms with E-state index in [0.717, 1.165) is 10.3 Å². The van der Waals surface area contributed by atoms with E-state index in [-0.39, 0.29) is 0 Å². The molecule has 0 unspecified atom stereocenters. The minimum atomic E-state index is 0.634. The minimum Gasteiger partial charge on any atom is -0.299 e. The number of thiophene rings is 1. The van der Waals surface area contributed by atoms with Crippen molar-refractivity contribution in [1.82, 2.24) is 10.7 Å². The lowest BCUT2D eigenvalue weighted by atomic mass is 10.5. The SMILES string of the molecule is NNCNCc1ccc(Br)s1. The van der Waals surface area contributed by atoms with Gasteiger partial charge in [-0.05, 0) is 28.1 Å². The maximum atomic E-state index is 5.08. The minimum absolute atomic E-state index is 0.634. The highest BCUT2D eigenvalue weighted by Gasteiger charge is 1.94. The van der Waals surface area contributed by atoms with E-state index in [0.29, 0.717) is 6.67 Å². The van der Waals surface area contributed by atoms with Crippen LogP contribution >= 0.6 is 27.3 Å². The number of rotatable bonds is 4. The summed E-state index contributed by atoms with van der Waals surface area (Å²) in [6.45, 7) is 1.50. The Labute approximate surface area is 78.1 Å². The normalized spacial score (nSPS) is 10.4. The molecule has 11 heavy (non-hydrogen) atoms. The molecular formula is C6H10BrN3S. The van der Waals surface area contributed by atoms with Gasteiger partial charge in [-0.3, -0.25) is 11.2 Å². The molecule has 0 aliphatic heterocycles. The van der Waals surface area contributed by atoms with Crippen LogP contribution in [0.25, 0.3) is 0 Å². The maximum absolute atomic E-state index is 5.08. The Morgan fingerprint density at radius 3 is 2.91 bits per heavy atom. The molecule has 0 atom stereocenters. The highest BCUT2D eigenvalue weighted by Crippen LogP contribution is 2.21. The average Bonchev–Trinajstić information content (AvgIpc) is 2.37. The Morgan fingerprint density at radius 1 is 1.55 bits per heavy atom. The molecule has 0 spiro atoms. The second-order valence-electron chi connectivity index (χ2n) is 2.01. The molecule has 0 saturated heterocycles. The summed E-state index contributed by atoms with van der Waals surface area (Å²) in [6, 6.07) is 4.12. The number of nitrogens with one attached hydrogen (secondary N) is 2. The van der Waals surface area contributed by atoms with Crippen molar-refractivity contribution in [3.8, 4) is 0 Å². The number of halogens is 1. The van der Waals surface area contributed by atoms with Crippen LogP contribution in [0.2, 0.25) is 0 Å². The molecule has 1 aromatic heterocycles. The first-order valence-electron chi connectivity index (χ1n) is 3.21. The molecule has 0 saturated carbocycles. The first-order chi connectivity index (χ1) is 5.33. The molecule has 0 aliphatic rings. The van der Waals surface area contributed by atoms with Crippen molar-refractivity contribution in [2.75, 3.05) is 6.67 Å². The molecule has 1 aromatic rings. The van der Waals surface area contributed by atoms with Crippen LogP contribution < -0.4 is 16.6 Å². The summed E-state index contributed by atoms with van der Waals surface area (Å²) in [5.74, 6) is 5.08. The van der Waals surface area contributed by atoms with Crippen LogP contribution in [-0.4, -0.2) is 6.67 Å². The van der Waals surface area contributed by atoms with Gasteiger partial charge in [-0.1, -0.05) is 0 Å². The van der Waals surface area contributed by atoms with Crippen LogP contribution in [-0.2, 0) is 6.54 Å². The Kier molecular flexibility index (Phi) is 4.03. The third-order valence-electron chi connectivity index (χ3n) is 1.16. The van der Waals surface area contributed by atoms with Gasteiger partial charge in [0.05, 0.1) is 10.5 Å². The summed E-state index contributed by atoms with van der Waals surface area (Å²) >= 11 is 5.12. The third-order valence-corrected chi connectivity index (χ3v) is 2.78. The van der Waals surface area contributed by atoms with Gasteiger partial charge in [-0.25, -0.2) is 5.43 Å². The molecule has 0 aliphatic carbocycles. The first-order valence-corrected chi connectivity index (χ1v) is 4.82. The molecule has 1 heterocycles. The fourth-order valence-electron chi connectivity index (χ4n) is 0.705. The molecule has 4 N–H and O–H groups in total. The van der Waals surface area contributed by atoms with Crippen LogP contribution in [0.15, 0.2) is 15.9 Å². The van der Waals surface area contributed by atoms with Gasteiger partial charge in [0.2, 0.25) is 0 Å². The lowest BCUT2D eigenvalue weighted by molar-refractivity contribution is 0.605. The highest BCUT2D eigenvalue weighted by atomic mass is 79.9. The lowest BCUT2D eigenvalue weighted by Crippen LogP contribution is -2.33. The Hall–Kier alpha value is 0.0600. The van der Waals surface area contributed by atoms with Crippen molar-refractivity contribution in [2.45, 2.75) is 6.54 Å². The standard InChI is InChI=1S/C6H10BrN3S/c7-6-2-1-5(11-6)3-9-4-10-8/h1-2,9-10H,3-4,8H2. The molecule has 0 amide bonds. The number of hydrogen-bond donors (Lipinski definition) is 3. The van der Waals surface area contributed by atoms with Crippen molar-refractivity contribution in [3.63, 3.8) is 0 Å². The molecule has 0 fully saturated rings. The van der Waals surface area contributed by atoms with Gasteiger partial charge in [0.15, 0.2) is 0 Å². The molecular weight excluding hydrogens is 226 g/mol. The Morgan fingerprint density at radius 2 is 2.36 bits per heavy atom. The number of nitrogens with two attached hydrogens (primary N) is 1. The van der Waals surface area contributed by atoms with Crippen molar-refractivity contribution >= 4 is 27.3 Å². The smallest absolute Gasteiger partial charge is 0.0701 e. The molecule has 5 heteroatoms. The maximum Gasteiger partial charge on any atom is 0.0701 e. The van der Waals surface area contributed by atoms with E-state index in [2.05, 4.69) is 32.7 Å². The van der Waals surface area contributed by atoms with E-state index < -0.39 is 0 Å². The van der Waals surface area contributed by atoms with Gasteiger partial charge in [0, 0.05) is 11.4 Å². The topological polar surface area (TPSA) is 50.1 Å². The van der Waals surface area contributed by atoms with Crippen LogP contribution in [0.4, 0.5) is 0 Å². The van der Waals surface area contributed by atoms with Gasteiger partial charge in [0.25, 0.3) is 0 Å². The van der Waals surface area contributed by atoms with E-state index >= 15 is 0 Å². The Bertz CT molecular complexity index is 213. The molecule has 0 bridgehead atoms. The average molecular weight is 236 g/mol. The molecule has 0 aromatic carbocycles. The molecule has 0 radical (unpaired) electrons. The van der Waals surface area contributed by atoms with Crippen LogP contribution in [0.3, 0.4) is 0 Å². The van der Waals surface area contributed by atoms with E-state index in [1.54, 1.807) is 11.3 Å². The summed E-state index contributed by atoms with van der Waals surface area (Å²) in [4.78, 5) is 1.30. The van der Waals surface area contributed by atoms with Crippen LogP contribution in [0.5, 0.6) is 0 Å². The summed E-state index contributed by atoms with van der Waals surface area (Å²) < 4.78 is 1.16. The lowest BCUT2D eigenvalue weighted by Gasteiger charge is -1.99. The van der Waals surface area contributed by atoms with E-state index in [1.165, 1.54) is 4.88 Å². The zero-order valence-corrected chi connectivity index (χ0v) is 8.33. The van der Waals surface area contributed by atoms with Crippen molar-refractivity contribution in [3.05, 3.63) is 20.8 Å². The van der Waals surface area contributed by atoms with Gasteiger partial charge < -0.3 is 0 Å². The zero-order chi connectivity index (χ0) is 8.10. The van der Waals surface area contributed by atoms with E-state index in [9.17, 15) is 0 Å². The predicted molar refractivity (Wildman–Crippen MR) is 51.0 cm³/mol. The Balaban J connectivity index is 2.27. The monoisotopic (exact) mass is 235 g/mol. The van der Waals surface area contributed by atoms with Crippen LogP contribution in [0, 0.1) is 0 Å². The fraction of sp³-hybridized carbons (Fsp3) is 0.333. The third kappa shape index (κ3) is 3.31. The van der Waals surface area contributed by atoms with Crippen molar-refractivity contribution in [2.24, 2.45) is 5.84 Å². The highest BCUT2D eigenvalue weighted by molar-refractivity contribution is 9.11.